The lowest BCUT2D eigenvalue weighted by atomic mass is 9.90. The first kappa shape index (κ1) is 28.1. The van der Waals surface area contributed by atoms with Gasteiger partial charge in [0.25, 0.3) is 0 Å². The largest absolute Gasteiger partial charge is 0.491 e. The van der Waals surface area contributed by atoms with Crippen LogP contribution in [-0.2, 0) is 22.4 Å². The first-order chi connectivity index (χ1) is 19.0. The molecule has 0 fully saturated rings. The van der Waals surface area contributed by atoms with E-state index in [1.165, 1.54) is 41.2 Å². The van der Waals surface area contributed by atoms with E-state index in [0.717, 1.165) is 34.4 Å². The highest BCUT2D eigenvalue weighted by Gasteiger charge is 2.13. The summed E-state index contributed by atoms with van der Waals surface area (Å²) >= 11 is 0. The predicted octanol–water partition coefficient (Wildman–Crippen LogP) is 7.94. The molecular weight excluding hydrogens is 484 g/mol. The van der Waals surface area contributed by atoms with Crippen LogP contribution in [0.25, 0.3) is 33.0 Å². The van der Waals surface area contributed by atoms with Crippen LogP contribution < -0.4 is 4.74 Å². The fraction of sp³-hybridized carbons (Fsp3) is 0.286. The third-order valence-electron chi connectivity index (χ3n) is 6.94. The average molecular weight is 523 g/mol. The lowest BCUT2D eigenvalue weighted by Gasteiger charge is -2.16. The molecule has 0 heterocycles. The van der Waals surface area contributed by atoms with E-state index in [9.17, 15) is 4.79 Å². The third-order valence-corrected chi connectivity index (χ3v) is 6.94. The van der Waals surface area contributed by atoms with Gasteiger partial charge in [-0.3, -0.25) is 0 Å². The molecule has 0 atom stereocenters. The molecule has 0 aliphatic rings. The Hall–Kier alpha value is -3.89. The summed E-state index contributed by atoms with van der Waals surface area (Å²) in [5.74, 6) is 0.387. The number of aliphatic hydroxyl groups excluding tert-OH is 1. The van der Waals surface area contributed by atoms with Crippen molar-refractivity contribution in [1.29, 1.82) is 0 Å². The van der Waals surface area contributed by atoms with Gasteiger partial charge in [-0.2, -0.15) is 0 Å². The number of esters is 1. The number of hydrogen-bond acceptors (Lipinski definition) is 4. The van der Waals surface area contributed by atoms with Gasteiger partial charge in [-0.1, -0.05) is 93.1 Å². The van der Waals surface area contributed by atoms with Crippen molar-refractivity contribution in [2.45, 2.75) is 46.0 Å². The standard InChI is InChI=1S/C35H38O4/c1-4-5-6-7-26-8-18-33-30(24-26)15-19-32(34(33)20-22-39-35(37)25(2)3)29-11-9-27(10-12-29)28-13-16-31(17-14-28)38-23-21-36/h8-19,24,36H,2,4-7,20-23H2,1,3H3. The lowest BCUT2D eigenvalue weighted by Crippen LogP contribution is -2.09. The summed E-state index contributed by atoms with van der Waals surface area (Å²) < 4.78 is 11.0. The van der Waals surface area contributed by atoms with Crippen LogP contribution in [0, 0.1) is 0 Å². The lowest BCUT2D eigenvalue weighted by molar-refractivity contribution is -0.138. The van der Waals surface area contributed by atoms with Crippen molar-refractivity contribution < 1.29 is 19.4 Å². The van der Waals surface area contributed by atoms with Crippen molar-refractivity contribution in [2.75, 3.05) is 19.8 Å². The minimum atomic E-state index is -0.355. The summed E-state index contributed by atoms with van der Waals surface area (Å²) in [5, 5.41) is 11.4. The van der Waals surface area contributed by atoms with E-state index < -0.39 is 0 Å². The summed E-state index contributed by atoms with van der Waals surface area (Å²) in [4.78, 5) is 12.0. The number of aryl methyl sites for hydroxylation is 1. The van der Waals surface area contributed by atoms with Crippen molar-refractivity contribution in [3.05, 3.63) is 102 Å². The first-order valence-electron chi connectivity index (χ1n) is 13.8. The maximum Gasteiger partial charge on any atom is 0.333 e. The second-order valence-corrected chi connectivity index (χ2v) is 9.94. The average Bonchev–Trinajstić information content (AvgIpc) is 2.96. The van der Waals surface area contributed by atoms with Crippen LogP contribution in [0.5, 0.6) is 5.75 Å². The Morgan fingerprint density at radius 1 is 0.821 bits per heavy atom. The van der Waals surface area contributed by atoms with Gasteiger partial charge < -0.3 is 14.6 Å². The van der Waals surface area contributed by atoms with Gasteiger partial charge in [0.1, 0.15) is 12.4 Å². The molecule has 0 aromatic heterocycles. The fourth-order valence-electron chi connectivity index (χ4n) is 4.84. The maximum atomic E-state index is 12.0. The Kier molecular flexibility index (Phi) is 9.93. The van der Waals surface area contributed by atoms with Crippen LogP contribution in [0.3, 0.4) is 0 Å². The van der Waals surface area contributed by atoms with Gasteiger partial charge in [0, 0.05) is 12.0 Å². The van der Waals surface area contributed by atoms with Gasteiger partial charge in [0.05, 0.1) is 13.2 Å². The molecule has 0 saturated carbocycles. The smallest absolute Gasteiger partial charge is 0.333 e. The molecule has 4 aromatic rings. The highest BCUT2D eigenvalue weighted by atomic mass is 16.5. The van der Waals surface area contributed by atoms with E-state index in [1.807, 2.05) is 24.3 Å². The van der Waals surface area contributed by atoms with E-state index in [2.05, 4.69) is 68.1 Å². The van der Waals surface area contributed by atoms with E-state index in [4.69, 9.17) is 14.6 Å². The van der Waals surface area contributed by atoms with Crippen LogP contribution in [0.4, 0.5) is 0 Å². The Labute approximate surface area is 231 Å². The number of unbranched alkanes of at least 4 members (excludes halogenated alkanes) is 2. The molecule has 4 heteroatoms. The van der Waals surface area contributed by atoms with Crippen molar-refractivity contribution in [3.8, 4) is 28.0 Å². The number of hydrogen-bond donors (Lipinski definition) is 1. The van der Waals surface area contributed by atoms with Crippen LogP contribution in [0.15, 0.2) is 91.0 Å². The molecule has 1 N–H and O–H groups in total. The summed E-state index contributed by atoms with van der Waals surface area (Å²) in [6, 6.07) is 27.6. The molecule has 0 saturated heterocycles. The molecule has 0 aliphatic heterocycles. The van der Waals surface area contributed by atoms with Crippen LogP contribution in [0.1, 0.15) is 44.2 Å². The molecule has 0 spiro atoms. The Balaban J connectivity index is 1.63. The highest BCUT2D eigenvalue weighted by molar-refractivity contribution is 5.93. The molecule has 0 radical (unpaired) electrons. The number of benzene rings is 4. The Bertz CT molecular complexity index is 1400. The van der Waals surface area contributed by atoms with Gasteiger partial charge in [-0.15, -0.1) is 0 Å². The van der Waals surface area contributed by atoms with Gasteiger partial charge in [0.2, 0.25) is 0 Å². The summed E-state index contributed by atoms with van der Waals surface area (Å²) in [7, 11) is 0. The number of fused-ring (bicyclic) bond motifs is 1. The van der Waals surface area contributed by atoms with Gasteiger partial charge in [-0.25, -0.2) is 4.79 Å². The molecule has 0 unspecified atom stereocenters. The predicted molar refractivity (Wildman–Crippen MR) is 160 cm³/mol. The third kappa shape index (κ3) is 7.36. The Morgan fingerprint density at radius 3 is 2.18 bits per heavy atom. The van der Waals surface area contributed by atoms with E-state index in [1.54, 1.807) is 6.92 Å². The molecule has 0 aliphatic carbocycles. The number of aliphatic hydroxyl groups is 1. The molecule has 4 rings (SSSR count). The highest BCUT2D eigenvalue weighted by Crippen LogP contribution is 2.33. The molecule has 0 bridgehead atoms. The Morgan fingerprint density at radius 2 is 1.51 bits per heavy atom. The summed E-state index contributed by atoms with van der Waals surface area (Å²) in [6.45, 7) is 8.18. The molecule has 39 heavy (non-hydrogen) atoms. The van der Waals surface area contributed by atoms with Crippen molar-refractivity contribution in [1.82, 2.24) is 0 Å². The number of rotatable bonds is 13. The molecular formula is C35H38O4. The number of carbonyl (C=O) groups excluding carboxylic acids is 1. The molecule has 4 nitrogen and oxygen atoms in total. The number of ether oxygens (including phenoxy) is 2. The van der Waals surface area contributed by atoms with Crippen molar-refractivity contribution in [2.24, 2.45) is 0 Å². The zero-order valence-electron chi connectivity index (χ0n) is 23.0. The number of carbonyl (C=O) groups is 1. The topological polar surface area (TPSA) is 55.8 Å². The van der Waals surface area contributed by atoms with E-state index in [-0.39, 0.29) is 19.2 Å². The maximum absolute atomic E-state index is 12.0. The van der Waals surface area contributed by atoms with Gasteiger partial charge >= 0.3 is 5.97 Å². The van der Waals surface area contributed by atoms with E-state index >= 15 is 0 Å². The van der Waals surface area contributed by atoms with Crippen LogP contribution >= 0.6 is 0 Å². The first-order valence-corrected chi connectivity index (χ1v) is 13.8. The quantitative estimate of drug-likeness (QED) is 0.110. The second-order valence-electron chi connectivity index (χ2n) is 9.94. The minimum absolute atomic E-state index is 0.00355. The second kappa shape index (κ2) is 13.8. The van der Waals surface area contributed by atoms with Crippen LogP contribution in [-0.4, -0.2) is 30.9 Å². The SMILES string of the molecule is C=C(C)C(=O)OCCc1c(-c2ccc(-c3ccc(OCCO)cc3)cc2)ccc2cc(CCCCC)ccc12. The monoisotopic (exact) mass is 522 g/mol. The summed E-state index contributed by atoms with van der Waals surface area (Å²) in [6.07, 6.45) is 5.38. The zero-order chi connectivity index (χ0) is 27.6. The minimum Gasteiger partial charge on any atom is -0.491 e. The van der Waals surface area contributed by atoms with Gasteiger partial charge in [-0.05, 0) is 76.1 Å². The van der Waals surface area contributed by atoms with Crippen molar-refractivity contribution in [3.63, 3.8) is 0 Å². The molecule has 0 amide bonds. The van der Waals surface area contributed by atoms with Crippen LogP contribution in [0.2, 0.25) is 0 Å². The van der Waals surface area contributed by atoms with Gasteiger partial charge in [0.15, 0.2) is 0 Å². The zero-order valence-corrected chi connectivity index (χ0v) is 23.0. The fourth-order valence-corrected chi connectivity index (χ4v) is 4.84. The molecule has 202 valence electrons. The van der Waals surface area contributed by atoms with Crippen molar-refractivity contribution >= 4 is 16.7 Å². The van der Waals surface area contributed by atoms with E-state index in [0.29, 0.717) is 18.6 Å². The summed E-state index contributed by atoms with van der Waals surface area (Å²) in [5.41, 5.74) is 7.43. The normalized spacial score (nSPS) is 10.9. The molecule has 4 aromatic carbocycles.